The van der Waals surface area contributed by atoms with Gasteiger partial charge in [-0.3, -0.25) is 9.80 Å². The molecule has 106 valence electrons. The lowest BCUT2D eigenvalue weighted by Gasteiger charge is -2.49. The third kappa shape index (κ3) is 3.05. The maximum absolute atomic E-state index is 9.44. The molecule has 4 nitrogen and oxygen atoms in total. The van der Waals surface area contributed by atoms with Crippen LogP contribution in [0.15, 0.2) is 0 Å². The number of piperidine rings is 1. The molecule has 2 rings (SSSR count). The van der Waals surface area contributed by atoms with Crippen molar-refractivity contribution < 1.29 is 10.2 Å². The highest BCUT2D eigenvalue weighted by Crippen LogP contribution is 2.26. The number of aliphatic hydroxyl groups excluding tert-OH is 2. The Balaban J connectivity index is 1.96. The highest BCUT2D eigenvalue weighted by Gasteiger charge is 2.36. The van der Waals surface area contributed by atoms with Crippen molar-refractivity contribution in [1.29, 1.82) is 0 Å². The molecule has 2 unspecified atom stereocenters. The first-order valence-corrected chi connectivity index (χ1v) is 7.28. The SMILES string of the molecule is CC1CN2CCCCC2CN1CC(C)(CO)CO. The van der Waals surface area contributed by atoms with Crippen LogP contribution in [0, 0.1) is 5.41 Å². The molecule has 2 aliphatic heterocycles. The van der Waals surface area contributed by atoms with Crippen molar-refractivity contribution in [2.75, 3.05) is 39.4 Å². The zero-order valence-electron chi connectivity index (χ0n) is 11.8. The van der Waals surface area contributed by atoms with Gasteiger partial charge in [0.1, 0.15) is 0 Å². The summed E-state index contributed by atoms with van der Waals surface area (Å²) >= 11 is 0. The molecule has 2 aliphatic rings. The van der Waals surface area contributed by atoms with E-state index in [0.29, 0.717) is 12.1 Å². The van der Waals surface area contributed by atoms with Crippen molar-refractivity contribution in [3.63, 3.8) is 0 Å². The summed E-state index contributed by atoms with van der Waals surface area (Å²) in [6.45, 7) is 8.62. The van der Waals surface area contributed by atoms with Gasteiger partial charge in [-0.25, -0.2) is 0 Å². The predicted molar refractivity (Wildman–Crippen MR) is 72.5 cm³/mol. The van der Waals surface area contributed by atoms with Gasteiger partial charge < -0.3 is 10.2 Å². The molecular formula is C14H28N2O2. The van der Waals surface area contributed by atoms with Gasteiger partial charge in [-0.05, 0) is 26.3 Å². The van der Waals surface area contributed by atoms with Gasteiger partial charge in [-0.15, -0.1) is 0 Å². The Bertz CT molecular complexity index is 269. The summed E-state index contributed by atoms with van der Waals surface area (Å²) in [6.07, 6.45) is 3.99. The average Bonchev–Trinajstić information content (AvgIpc) is 2.39. The van der Waals surface area contributed by atoms with Crippen LogP contribution >= 0.6 is 0 Å². The summed E-state index contributed by atoms with van der Waals surface area (Å²) in [4.78, 5) is 5.08. The molecule has 0 aromatic heterocycles. The Kier molecular flexibility index (Phi) is 4.64. The van der Waals surface area contributed by atoms with Gasteiger partial charge in [0.05, 0.1) is 13.2 Å². The molecule has 2 atom stereocenters. The number of aliphatic hydroxyl groups is 2. The molecule has 2 heterocycles. The van der Waals surface area contributed by atoms with Crippen molar-refractivity contribution in [2.45, 2.75) is 45.2 Å². The fraction of sp³-hybridized carbons (Fsp3) is 1.00. The molecular weight excluding hydrogens is 228 g/mol. The Hall–Kier alpha value is -0.160. The van der Waals surface area contributed by atoms with Crippen molar-refractivity contribution in [1.82, 2.24) is 9.80 Å². The smallest absolute Gasteiger partial charge is 0.0519 e. The van der Waals surface area contributed by atoms with Crippen LogP contribution in [0.1, 0.15) is 33.1 Å². The lowest BCUT2D eigenvalue weighted by atomic mass is 9.89. The Labute approximate surface area is 111 Å². The normalized spacial score (nSPS) is 31.3. The van der Waals surface area contributed by atoms with E-state index in [4.69, 9.17) is 0 Å². The lowest BCUT2D eigenvalue weighted by molar-refractivity contribution is -0.0295. The number of nitrogens with zero attached hydrogens (tertiary/aromatic N) is 2. The van der Waals surface area contributed by atoms with Gasteiger partial charge in [0.15, 0.2) is 0 Å². The summed E-state index contributed by atoms with van der Waals surface area (Å²) in [5.41, 5.74) is -0.370. The van der Waals surface area contributed by atoms with E-state index in [1.165, 1.54) is 25.8 Å². The van der Waals surface area contributed by atoms with E-state index < -0.39 is 0 Å². The topological polar surface area (TPSA) is 46.9 Å². The number of piperazine rings is 1. The highest BCUT2D eigenvalue weighted by molar-refractivity contribution is 4.91. The quantitative estimate of drug-likeness (QED) is 0.770. The largest absolute Gasteiger partial charge is 0.396 e. The van der Waals surface area contributed by atoms with Crippen LogP contribution in [-0.4, -0.2) is 71.5 Å². The van der Waals surface area contributed by atoms with Crippen LogP contribution in [0.25, 0.3) is 0 Å². The van der Waals surface area contributed by atoms with Crippen LogP contribution in [-0.2, 0) is 0 Å². The molecule has 0 spiro atoms. The number of fused-ring (bicyclic) bond motifs is 1. The molecule has 0 bridgehead atoms. The molecule has 18 heavy (non-hydrogen) atoms. The molecule has 0 radical (unpaired) electrons. The van der Waals surface area contributed by atoms with E-state index in [2.05, 4.69) is 16.7 Å². The standard InChI is InChI=1S/C14H28N2O2/c1-12-7-15-6-4-3-5-13(15)8-16(12)9-14(2,10-17)11-18/h12-13,17-18H,3-11H2,1-2H3. The first kappa shape index (κ1) is 14.3. The number of hydrogen-bond donors (Lipinski definition) is 2. The summed E-state index contributed by atoms with van der Waals surface area (Å²) in [7, 11) is 0. The van der Waals surface area contributed by atoms with Crippen LogP contribution in [0.2, 0.25) is 0 Å². The van der Waals surface area contributed by atoms with Crippen LogP contribution < -0.4 is 0 Å². The van der Waals surface area contributed by atoms with E-state index in [9.17, 15) is 10.2 Å². The third-order valence-electron chi connectivity index (χ3n) is 4.66. The zero-order valence-corrected chi connectivity index (χ0v) is 11.8. The van der Waals surface area contributed by atoms with E-state index >= 15 is 0 Å². The zero-order chi connectivity index (χ0) is 13.2. The van der Waals surface area contributed by atoms with Gasteiger partial charge in [0.2, 0.25) is 0 Å². The van der Waals surface area contributed by atoms with Crippen molar-refractivity contribution in [3.8, 4) is 0 Å². The summed E-state index contributed by atoms with van der Waals surface area (Å²) in [6, 6.07) is 1.22. The van der Waals surface area contributed by atoms with Crippen molar-refractivity contribution in [2.24, 2.45) is 5.41 Å². The van der Waals surface area contributed by atoms with Crippen LogP contribution in [0.4, 0.5) is 0 Å². The van der Waals surface area contributed by atoms with Gasteiger partial charge in [-0.1, -0.05) is 13.3 Å². The van der Waals surface area contributed by atoms with Crippen molar-refractivity contribution in [3.05, 3.63) is 0 Å². The predicted octanol–water partition coefficient (Wildman–Crippen LogP) is 0.536. The second-order valence-corrected chi connectivity index (χ2v) is 6.55. The second kappa shape index (κ2) is 5.87. The minimum atomic E-state index is -0.370. The molecule has 4 heteroatoms. The molecule has 0 aromatic carbocycles. The Morgan fingerprint density at radius 1 is 1.17 bits per heavy atom. The minimum absolute atomic E-state index is 0.0566. The summed E-state index contributed by atoms with van der Waals surface area (Å²) in [5, 5.41) is 18.9. The minimum Gasteiger partial charge on any atom is -0.396 e. The lowest BCUT2D eigenvalue weighted by Crippen LogP contribution is -2.60. The van der Waals surface area contributed by atoms with Gasteiger partial charge in [0.25, 0.3) is 0 Å². The van der Waals surface area contributed by atoms with E-state index in [-0.39, 0.29) is 18.6 Å². The number of hydrogen-bond acceptors (Lipinski definition) is 4. The average molecular weight is 256 g/mol. The molecule has 2 N–H and O–H groups in total. The van der Waals surface area contributed by atoms with E-state index in [0.717, 1.165) is 19.6 Å². The maximum atomic E-state index is 9.44. The maximum Gasteiger partial charge on any atom is 0.0519 e. The van der Waals surface area contributed by atoms with Crippen LogP contribution in [0.3, 0.4) is 0 Å². The molecule has 2 fully saturated rings. The molecule has 0 saturated carbocycles. The van der Waals surface area contributed by atoms with E-state index in [1.54, 1.807) is 0 Å². The first-order chi connectivity index (χ1) is 8.58. The fourth-order valence-electron chi connectivity index (χ4n) is 3.27. The molecule has 0 aliphatic carbocycles. The monoisotopic (exact) mass is 256 g/mol. The Morgan fingerprint density at radius 3 is 2.56 bits per heavy atom. The summed E-state index contributed by atoms with van der Waals surface area (Å²) in [5.74, 6) is 0. The first-order valence-electron chi connectivity index (χ1n) is 7.28. The molecule has 0 amide bonds. The molecule has 2 saturated heterocycles. The van der Waals surface area contributed by atoms with Gasteiger partial charge in [0, 0.05) is 37.1 Å². The van der Waals surface area contributed by atoms with Crippen LogP contribution in [0.5, 0.6) is 0 Å². The fourth-order valence-corrected chi connectivity index (χ4v) is 3.27. The van der Waals surface area contributed by atoms with Gasteiger partial charge >= 0.3 is 0 Å². The summed E-state index contributed by atoms with van der Waals surface area (Å²) < 4.78 is 0. The van der Waals surface area contributed by atoms with E-state index in [1.807, 2.05) is 6.92 Å². The Morgan fingerprint density at radius 2 is 1.89 bits per heavy atom. The molecule has 0 aromatic rings. The highest BCUT2D eigenvalue weighted by atomic mass is 16.3. The van der Waals surface area contributed by atoms with Gasteiger partial charge in [-0.2, -0.15) is 0 Å². The second-order valence-electron chi connectivity index (χ2n) is 6.55. The van der Waals surface area contributed by atoms with Crippen molar-refractivity contribution >= 4 is 0 Å². The third-order valence-corrected chi connectivity index (χ3v) is 4.66. The number of rotatable bonds is 4.